The minimum Gasteiger partial charge on any atom is -0.362 e. The molecule has 2 rings (SSSR count). The van der Waals surface area contributed by atoms with Gasteiger partial charge in [0, 0.05) is 17.0 Å². The van der Waals surface area contributed by atoms with Gasteiger partial charge in [0.25, 0.3) is 0 Å². The van der Waals surface area contributed by atoms with E-state index in [1.165, 1.54) is 6.07 Å². The SMILES string of the molecule is Cc1cc(/C=N/NC(=S)Nc2ccccc2F)c(C)[nH]1. The van der Waals surface area contributed by atoms with Crippen LogP contribution in [0.2, 0.25) is 0 Å². The number of halogens is 1. The lowest BCUT2D eigenvalue weighted by Crippen LogP contribution is -2.24. The summed E-state index contributed by atoms with van der Waals surface area (Å²) in [6.45, 7) is 3.94. The Balaban J connectivity index is 1.93. The van der Waals surface area contributed by atoms with Gasteiger partial charge in [-0.1, -0.05) is 12.1 Å². The largest absolute Gasteiger partial charge is 0.362 e. The molecule has 1 aromatic carbocycles. The van der Waals surface area contributed by atoms with E-state index in [1.54, 1.807) is 24.4 Å². The van der Waals surface area contributed by atoms with Crippen molar-refractivity contribution in [1.29, 1.82) is 0 Å². The lowest BCUT2D eigenvalue weighted by molar-refractivity contribution is 0.632. The van der Waals surface area contributed by atoms with E-state index in [2.05, 4.69) is 20.8 Å². The van der Waals surface area contributed by atoms with E-state index in [4.69, 9.17) is 12.2 Å². The fourth-order valence-corrected chi connectivity index (χ4v) is 1.92. The predicted octanol–water partition coefficient (Wildman–Crippen LogP) is 3.09. The average molecular weight is 290 g/mol. The van der Waals surface area contributed by atoms with Crippen molar-refractivity contribution in [2.24, 2.45) is 5.10 Å². The first-order chi connectivity index (χ1) is 9.56. The summed E-state index contributed by atoms with van der Waals surface area (Å²) in [4.78, 5) is 3.18. The molecule has 0 fully saturated rings. The maximum absolute atomic E-state index is 13.4. The second-order valence-electron chi connectivity index (χ2n) is 4.34. The summed E-state index contributed by atoms with van der Waals surface area (Å²) in [5.74, 6) is -0.363. The monoisotopic (exact) mass is 290 g/mol. The third-order valence-electron chi connectivity index (χ3n) is 2.68. The maximum atomic E-state index is 13.4. The van der Waals surface area contributed by atoms with E-state index in [9.17, 15) is 4.39 Å². The first-order valence-electron chi connectivity index (χ1n) is 6.07. The molecule has 20 heavy (non-hydrogen) atoms. The molecule has 6 heteroatoms. The Morgan fingerprint density at radius 3 is 2.75 bits per heavy atom. The summed E-state index contributed by atoms with van der Waals surface area (Å²) < 4.78 is 13.4. The molecule has 0 aliphatic carbocycles. The normalized spacial score (nSPS) is 10.8. The van der Waals surface area contributed by atoms with Gasteiger partial charge in [0.2, 0.25) is 0 Å². The smallest absolute Gasteiger partial charge is 0.191 e. The number of aromatic nitrogens is 1. The fraction of sp³-hybridized carbons (Fsp3) is 0.143. The van der Waals surface area contributed by atoms with Crippen LogP contribution in [0.5, 0.6) is 0 Å². The molecule has 0 bridgehead atoms. The number of anilines is 1. The number of rotatable bonds is 3. The highest BCUT2D eigenvalue weighted by Crippen LogP contribution is 2.11. The number of para-hydroxylation sites is 1. The summed E-state index contributed by atoms with van der Waals surface area (Å²) >= 11 is 5.04. The first kappa shape index (κ1) is 14.2. The van der Waals surface area contributed by atoms with Crippen molar-refractivity contribution in [3.63, 3.8) is 0 Å². The second-order valence-corrected chi connectivity index (χ2v) is 4.74. The van der Waals surface area contributed by atoms with E-state index >= 15 is 0 Å². The topological polar surface area (TPSA) is 52.2 Å². The van der Waals surface area contributed by atoms with Crippen molar-refractivity contribution in [2.75, 3.05) is 5.32 Å². The van der Waals surface area contributed by atoms with Crippen molar-refractivity contribution >= 4 is 29.2 Å². The highest BCUT2D eigenvalue weighted by atomic mass is 32.1. The third kappa shape index (κ3) is 3.64. The predicted molar refractivity (Wildman–Crippen MR) is 83.6 cm³/mol. The second kappa shape index (κ2) is 6.29. The molecular weight excluding hydrogens is 275 g/mol. The van der Waals surface area contributed by atoms with Crippen LogP contribution in [-0.2, 0) is 0 Å². The molecule has 0 amide bonds. The maximum Gasteiger partial charge on any atom is 0.191 e. The standard InChI is InChI=1S/C14H15FN4S/c1-9-7-11(10(2)17-9)8-16-19-14(20)18-13-6-4-3-5-12(13)15/h3-8,17H,1-2H3,(H2,18,19,20)/b16-8+. The molecule has 1 heterocycles. The lowest BCUT2D eigenvalue weighted by Gasteiger charge is -2.07. The highest BCUT2D eigenvalue weighted by molar-refractivity contribution is 7.80. The van der Waals surface area contributed by atoms with E-state index in [0.717, 1.165) is 17.0 Å². The molecule has 0 atom stereocenters. The summed E-state index contributed by atoms with van der Waals surface area (Å²) in [5, 5.41) is 6.99. The summed E-state index contributed by atoms with van der Waals surface area (Å²) in [6, 6.07) is 8.29. The van der Waals surface area contributed by atoms with Gasteiger partial charge in [0.05, 0.1) is 11.9 Å². The van der Waals surface area contributed by atoms with Crippen LogP contribution < -0.4 is 10.7 Å². The zero-order valence-corrected chi connectivity index (χ0v) is 12.0. The van der Waals surface area contributed by atoms with Crippen LogP contribution in [-0.4, -0.2) is 16.3 Å². The molecule has 0 aliphatic heterocycles. The van der Waals surface area contributed by atoms with Crippen LogP contribution in [0.3, 0.4) is 0 Å². The molecular formula is C14H15FN4S. The van der Waals surface area contributed by atoms with E-state index in [-0.39, 0.29) is 10.9 Å². The van der Waals surface area contributed by atoms with Gasteiger partial charge < -0.3 is 10.3 Å². The van der Waals surface area contributed by atoms with Crippen LogP contribution in [0.4, 0.5) is 10.1 Å². The number of nitrogens with one attached hydrogen (secondary N) is 3. The van der Waals surface area contributed by atoms with Crippen molar-refractivity contribution < 1.29 is 4.39 Å². The van der Waals surface area contributed by atoms with Crippen LogP contribution in [0, 0.1) is 19.7 Å². The lowest BCUT2D eigenvalue weighted by atomic mass is 10.3. The molecule has 0 saturated heterocycles. The average Bonchev–Trinajstić information content (AvgIpc) is 2.71. The van der Waals surface area contributed by atoms with Gasteiger partial charge in [0.1, 0.15) is 5.82 Å². The summed E-state index contributed by atoms with van der Waals surface area (Å²) in [5.41, 5.74) is 6.04. The number of thiocarbonyl (C=S) groups is 1. The molecule has 104 valence electrons. The van der Waals surface area contributed by atoms with E-state index in [0.29, 0.717) is 5.69 Å². The molecule has 0 saturated carbocycles. The Bertz CT molecular complexity index is 648. The Kier molecular flexibility index (Phi) is 4.47. The minimum atomic E-state index is -0.363. The van der Waals surface area contributed by atoms with Crippen molar-refractivity contribution in [3.8, 4) is 0 Å². The van der Waals surface area contributed by atoms with E-state index in [1.807, 2.05) is 19.9 Å². The quantitative estimate of drug-likeness (QED) is 0.462. The molecule has 0 radical (unpaired) electrons. The Morgan fingerprint density at radius 2 is 2.10 bits per heavy atom. The number of hydrazone groups is 1. The van der Waals surface area contributed by atoms with Gasteiger partial charge in [-0.25, -0.2) is 4.39 Å². The Hall–Kier alpha value is -2.21. The number of aromatic amines is 1. The number of benzene rings is 1. The number of hydrogen-bond donors (Lipinski definition) is 3. The fourth-order valence-electron chi connectivity index (χ4n) is 1.75. The molecule has 1 aromatic heterocycles. The Morgan fingerprint density at radius 1 is 1.35 bits per heavy atom. The third-order valence-corrected chi connectivity index (χ3v) is 2.87. The summed E-state index contributed by atoms with van der Waals surface area (Å²) in [7, 11) is 0. The zero-order valence-electron chi connectivity index (χ0n) is 11.2. The van der Waals surface area contributed by atoms with Gasteiger partial charge in [0.15, 0.2) is 5.11 Å². The molecule has 2 aromatic rings. The van der Waals surface area contributed by atoms with Gasteiger partial charge in [-0.2, -0.15) is 5.10 Å². The zero-order chi connectivity index (χ0) is 14.5. The first-order valence-corrected chi connectivity index (χ1v) is 6.48. The Labute approximate surface area is 122 Å². The van der Waals surface area contributed by atoms with E-state index < -0.39 is 0 Å². The number of aryl methyl sites for hydroxylation is 2. The minimum absolute atomic E-state index is 0.233. The highest BCUT2D eigenvalue weighted by Gasteiger charge is 2.02. The van der Waals surface area contributed by atoms with Gasteiger partial charge in [-0.3, -0.25) is 5.43 Å². The number of nitrogens with zero attached hydrogens (tertiary/aromatic N) is 1. The molecule has 0 aliphatic rings. The van der Waals surface area contributed by atoms with Crippen molar-refractivity contribution in [1.82, 2.24) is 10.4 Å². The molecule has 4 nitrogen and oxygen atoms in total. The van der Waals surface area contributed by atoms with Crippen molar-refractivity contribution in [2.45, 2.75) is 13.8 Å². The van der Waals surface area contributed by atoms with Crippen LogP contribution in [0.25, 0.3) is 0 Å². The van der Waals surface area contributed by atoms with Crippen LogP contribution in [0.15, 0.2) is 35.4 Å². The molecule has 3 N–H and O–H groups in total. The van der Waals surface area contributed by atoms with Crippen LogP contribution >= 0.6 is 12.2 Å². The summed E-state index contributed by atoms with van der Waals surface area (Å²) in [6.07, 6.45) is 1.66. The number of H-pyrrole nitrogens is 1. The van der Waals surface area contributed by atoms with Gasteiger partial charge in [-0.15, -0.1) is 0 Å². The molecule has 0 unspecified atom stereocenters. The number of hydrogen-bond acceptors (Lipinski definition) is 2. The van der Waals surface area contributed by atoms with Gasteiger partial charge in [-0.05, 0) is 44.3 Å². The van der Waals surface area contributed by atoms with Crippen LogP contribution in [0.1, 0.15) is 17.0 Å². The van der Waals surface area contributed by atoms with Gasteiger partial charge >= 0.3 is 0 Å². The van der Waals surface area contributed by atoms with Crippen molar-refractivity contribution in [3.05, 3.63) is 53.1 Å². The molecule has 0 spiro atoms.